The highest BCUT2D eigenvalue weighted by Crippen LogP contribution is 2.36. The van der Waals surface area contributed by atoms with Gasteiger partial charge in [-0.3, -0.25) is 0 Å². The quantitative estimate of drug-likeness (QED) is 0.431. The van der Waals surface area contributed by atoms with Crippen LogP contribution in [0.1, 0.15) is 11.1 Å². The summed E-state index contributed by atoms with van der Waals surface area (Å²) >= 11 is 0. The number of benzene rings is 2. The number of rotatable bonds is 11. The Morgan fingerprint density at radius 3 is 2.00 bits per heavy atom. The summed E-state index contributed by atoms with van der Waals surface area (Å²) in [4.78, 5) is 11.7. The second kappa shape index (κ2) is 11.9. The Hall–Kier alpha value is -3.61. The highest BCUT2D eigenvalue weighted by Gasteiger charge is 2.46. The fourth-order valence-electron chi connectivity index (χ4n) is 3.15. The fourth-order valence-corrected chi connectivity index (χ4v) is 4.24. The first-order valence-corrected chi connectivity index (χ1v) is 11.9. The van der Waals surface area contributed by atoms with E-state index in [0.717, 1.165) is 18.6 Å². The molecular formula is C23H26F3NO8S. The Balaban J connectivity index is 2.38. The topological polar surface area (TPSA) is 109 Å². The Labute approximate surface area is 206 Å². The van der Waals surface area contributed by atoms with Gasteiger partial charge in [-0.25, -0.2) is 13.2 Å². The molecule has 0 saturated heterocycles. The molecule has 9 nitrogen and oxygen atoms in total. The average Bonchev–Trinajstić information content (AvgIpc) is 2.84. The van der Waals surface area contributed by atoms with Crippen LogP contribution in [0.25, 0.3) is 6.08 Å². The lowest BCUT2D eigenvalue weighted by molar-refractivity contribution is -0.173. The Morgan fingerprint density at radius 1 is 0.944 bits per heavy atom. The predicted octanol–water partition coefficient (Wildman–Crippen LogP) is 3.82. The van der Waals surface area contributed by atoms with E-state index in [0.29, 0.717) is 22.8 Å². The SMILES string of the molecule is COC(=O)C(Nc1cc(CS(=O)(=O)/C=C/c2c(OC)cc(OC)cc2OC)ccc1OC)C(F)(F)F. The number of sulfone groups is 1. The summed E-state index contributed by atoms with van der Waals surface area (Å²) < 4.78 is 90.7. The molecule has 0 aliphatic heterocycles. The van der Waals surface area contributed by atoms with Gasteiger partial charge in [0.05, 0.1) is 52.6 Å². The van der Waals surface area contributed by atoms with E-state index in [-0.39, 0.29) is 17.0 Å². The molecule has 36 heavy (non-hydrogen) atoms. The molecule has 2 aromatic carbocycles. The summed E-state index contributed by atoms with van der Waals surface area (Å²) in [5, 5.41) is 2.97. The first-order chi connectivity index (χ1) is 16.9. The third-order valence-corrected chi connectivity index (χ3v) is 6.18. The lowest BCUT2D eigenvalue weighted by Crippen LogP contribution is -2.43. The van der Waals surface area contributed by atoms with Gasteiger partial charge < -0.3 is 29.0 Å². The van der Waals surface area contributed by atoms with Crippen LogP contribution >= 0.6 is 0 Å². The van der Waals surface area contributed by atoms with Crippen LogP contribution in [-0.2, 0) is 25.1 Å². The monoisotopic (exact) mass is 533 g/mol. The summed E-state index contributed by atoms with van der Waals surface area (Å²) in [7, 11) is 2.37. The number of halogens is 3. The molecular weight excluding hydrogens is 507 g/mol. The molecule has 0 fully saturated rings. The van der Waals surface area contributed by atoms with E-state index in [1.807, 2.05) is 5.32 Å². The van der Waals surface area contributed by atoms with Crippen LogP contribution in [0.4, 0.5) is 18.9 Å². The van der Waals surface area contributed by atoms with Crippen molar-refractivity contribution in [3.05, 3.63) is 46.9 Å². The molecule has 1 unspecified atom stereocenters. The van der Waals surface area contributed by atoms with Crippen LogP contribution in [0, 0.1) is 0 Å². The van der Waals surface area contributed by atoms with Crippen LogP contribution in [0.2, 0.25) is 0 Å². The minimum Gasteiger partial charge on any atom is -0.496 e. The third-order valence-electron chi connectivity index (χ3n) is 4.89. The Bertz CT molecular complexity index is 1190. The number of alkyl halides is 3. The molecule has 0 aromatic heterocycles. The van der Waals surface area contributed by atoms with Crippen molar-refractivity contribution < 1.29 is 50.1 Å². The summed E-state index contributed by atoms with van der Waals surface area (Å²) in [6, 6.07) is 4.24. The lowest BCUT2D eigenvalue weighted by Gasteiger charge is -2.22. The second-order valence-corrected chi connectivity index (χ2v) is 9.12. The molecule has 0 radical (unpaired) electrons. The first-order valence-electron chi connectivity index (χ1n) is 10.2. The lowest BCUT2D eigenvalue weighted by atomic mass is 10.1. The number of nitrogens with one attached hydrogen (secondary N) is 1. The standard InChI is InChI=1S/C23H26F3NO8S/c1-31-15-11-19(33-3)16(20(12-15)34-4)8-9-36(29,30)13-14-6-7-18(32-2)17(10-14)27-21(22(28)35-5)23(24,25)26/h6-12,21,27H,13H2,1-5H3/b9-8+. The number of hydrogen-bond donors (Lipinski definition) is 1. The third kappa shape index (κ3) is 7.20. The van der Waals surface area contributed by atoms with Gasteiger partial charge in [0, 0.05) is 17.5 Å². The normalized spacial score (nSPS) is 12.7. The van der Waals surface area contributed by atoms with Gasteiger partial charge >= 0.3 is 12.1 Å². The maximum absolute atomic E-state index is 13.3. The number of ether oxygens (including phenoxy) is 5. The number of methoxy groups -OCH3 is 5. The maximum Gasteiger partial charge on any atom is 0.419 e. The van der Waals surface area contributed by atoms with E-state index in [1.54, 1.807) is 12.1 Å². The summed E-state index contributed by atoms with van der Waals surface area (Å²) in [6.45, 7) is 0. The van der Waals surface area contributed by atoms with Gasteiger partial charge in [-0.05, 0) is 23.8 Å². The van der Waals surface area contributed by atoms with Crippen LogP contribution in [0.5, 0.6) is 23.0 Å². The number of carbonyl (C=O) groups is 1. The number of hydrogen-bond acceptors (Lipinski definition) is 9. The van der Waals surface area contributed by atoms with Gasteiger partial charge in [-0.15, -0.1) is 0 Å². The van der Waals surface area contributed by atoms with Crippen LogP contribution in [-0.4, -0.2) is 62.2 Å². The van der Waals surface area contributed by atoms with Gasteiger partial charge in [-0.2, -0.15) is 13.2 Å². The zero-order valence-electron chi connectivity index (χ0n) is 20.1. The van der Waals surface area contributed by atoms with Crippen LogP contribution in [0.15, 0.2) is 35.7 Å². The van der Waals surface area contributed by atoms with Crippen molar-refractivity contribution in [3.8, 4) is 23.0 Å². The van der Waals surface area contributed by atoms with Gasteiger partial charge in [0.2, 0.25) is 6.04 Å². The van der Waals surface area contributed by atoms with Crippen molar-refractivity contribution in [2.45, 2.75) is 18.0 Å². The molecule has 2 aromatic rings. The van der Waals surface area contributed by atoms with E-state index >= 15 is 0 Å². The fraction of sp³-hybridized carbons (Fsp3) is 0.348. The Kier molecular flexibility index (Phi) is 9.45. The molecule has 2 rings (SSSR count). The Morgan fingerprint density at radius 2 is 1.53 bits per heavy atom. The van der Waals surface area contributed by atoms with Crippen LogP contribution < -0.4 is 24.3 Å². The molecule has 1 atom stereocenters. The van der Waals surface area contributed by atoms with Gasteiger partial charge in [0.25, 0.3) is 0 Å². The second-order valence-electron chi connectivity index (χ2n) is 7.23. The van der Waals surface area contributed by atoms with E-state index in [4.69, 9.17) is 18.9 Å². The molecule has 0 saturated carbocycles. The molecule has 0 amide bonds. The minimum atomic E-state index is -4.97. The highest BCUT2D eigenvalue weighted by atomic mass is 32.2. The highest BCUT2D eigenvalue weighted by molar-refractivity contribution is 7.93. The average molecular weight is 534 g/mol. The molecule has 0 aliphatic carbocycles. The van der Waals surface area contributed by atoms with Gasteiger partial charge in [-0.1, -0.05) is 6.07 Å². The smallest absolute Gasteiger partial charge is 0.419 e. The minimum absolute atomic E-state index is 0.0300. The molecule has 0 aliphatic rings. The van der Waals surface area contributed by atoms with E-state index in [9.17, 15) is 26.4 Å². The van der Waals surface area contributed by atoms with Crippen molar-refractivity contribution in [2.75, 3.05) is 40.9 Å². The van der Waals surface area contributed by atoms with Crippen molar-refractivity contribution in [1.29, 1.82) is 0 Å². The van der Waals surface area contributed by atoms with E-state index in [1.165, 1.54) is 46.6 Å². The number of esters is 1. The number of carbonyl (C=O) groups excluding carboxylic acids is 1. The zero-order chi connectivity index (χ0) is 27.1. The van der Waals surface area contributed by atoms with Crippen LogP contribution in [0.3, 0.4) is 0 Å². The maximum atomic E-state index is 13.3. The largest absolute Gasteiger partial charge is 0.496 e. The van der Waals surface area contributed by atoms with E-state index < -0.39 is 33.8 Å². The molecule has 198 valence electrons. The molecule has 0 bridgehead atoms. The van der Waals surface area contributed by atoms with E-state index in [2.05, 4.69) is 4.74 Å². The van der Waals surface area contributed by atoms with Crippen molar-refractivity contribution in [3.63, 3.8) is 0 Å². The van der Waals surface area contributed by atoms with Gasteiger partial charge in [0.1, 0.15) is 23.0 Å². The van der Waals surface area contributed by atoms with Crippen molar-refractivity contribution in [2.24, 2.45) is 0 Å². The molecule has 13 heteroatoms. The van der Waals surface area contributed by atoms with Gasteiger partial charge in [0.15, 0.2) is 9.84 Å². The molecule has 0 spiro atoms. The zero-order valence-corrected chi connectivity index (χ0v) is 21.0. The first kappa shape index (κ1) is 28.6. The molecule has 1 N–H and O–H groups in total. The van der Waals surface area contributed by atoms with Crippen molar-refractivity contribution >= 4 is 27.6 Å². The van der Waals surface area contributed by atoms with Crippen molar-refractivity contribution in [1.82, 2.24) is 0 Å². The summed E-state index contributed by atoms with van der Waals surface area (Å²) in [5.41, 5.74) is 0.246. The summed E-state index contributed by atoms with van der Waals surface area (Å²) in [5.74, 6) is -1.11. The predicted molar refractivity (Wildman–Crippen MR) is 126 cm³/mol. The molecule has 0 heterocycles. The summed E-state index contributed by atoms with van der Waals surface area (Å²) in [6.07, 6.45) is -3.69. The number of anilines is 1.